The van der Waals surface area contributed by atoms with Gasteiger partial charge in [0.15, 0.2) is 5.82 Å². The van der Waals surface area contributed by atoms with Crippen molar-refractivity contribution < 1.29 is 26.5 Å². The van der Waals surface area contributed by atoms with Gasteiger partial charge in [-0.15, -0.1) is 0 Å². The lowest BCUT2D eigenvalue weighted by atomic mass is 10.0. The number of alkyl carbamates (subject to hydrolysis) is 1. The van der Waals surface area contributed by atoms with Gasteiger partial charge in [0.05, 0.1) is 28.8 Å². The highest BCUT2D eigenvalue weighted by molar-refractivity contribution is 7.92. The number of nitrogens with one attached hydrogen (secondary N) is 3. The van der Waals surface area contributed by atoms with Crippen molar-refractivity contribution in [2.24, 2.45) is 0 Å². The summed E-state index contributed by atoms with van der Waals surface area (Å²) in [4.78, 5) is 20.3. The maximum Gasteiger partial charge on any atom is 0.407 e. The lowest BCUT2D eigenvalue weighted by Gasteiger charge is -2.14. The monoisotopic (exact) mass is 542 g/mol. The standard InChI is InChI=1S/C22H27ClFN7O4S/c1-12(2)31-11-16(17-6-7-25-21(28-17)26-10-13(3)27-22(32)35-4)20(29-31)15-8-14(23)9-18(19(15)24)30-36(5,33)34/h6-9,11-13,30H,10H2,1-5H3,(H,27,32)(H,25,26,28)/i4D3. The van der Waals surface area contributed by atoms with Crippen molar-refractivity contribution >= 4 is 39.4 Å². The average molecular weight is 543 g/mol. The summed E-state index contributed by atoms with van der Waals surface area (Å²) in [5.74, 6) is -0.698. The van der Waals surface area contributed by atoms with E-state index in [4.69, 9.17) is 15.7 Å². The van der Waals surface area contributed by atoms with E-state index in [0.717, 1.165) is 12.3 Å². The molecule has 0 aliphatic rings. The van der Waals surface area contributed by atoms with Gasteiger partial charge >= 0.3 is 6.09 Å². The Morgan fingerprint density at radius 1 is 1.31 bits per heavy atom. The van der Waals surface area contributed by atoms with Gasteiger partial charge in [-0.25, -0.2) is 27.6 Å². The van der Waals surface area contributed by atoms with Gasteiger partial charge in [-0.2, -0.15) is 5.10 Å². The van der Waals surface area contributed by atoms with E-state index in [0.29, 0.717) is 11.3 Å². The molecule has 0 bridgehead atoms. The molecule has 0 saturated heterocycles. The van der Waals surface area contributed by atoms with Crippen LogP contribution in [-0.4, -0.2) is 60.1 Å². The highest BCUT2D eigenvalue weighted by Crippen LogP contribution is 2.37. The molecule has 0 fully saturated rings. The van der Waals surface area contributed by atoms with Crippen molar-refractivity contribution in [3.05, 3.63) is 41.4 Å². The molecule has 194 valence electrons. The van der Waals surface area contributed by atoms with Crippen LogP contribution in [0.1, 0.15) is 30.9 Å². The Morgan fingerprint density at radius 3 is 2.72 bits per heavy atom. The molecule has 2 aromatic heterocycles. The van der Waals surface area contributed by atoms with Gasteiger partial charge in [-0.3, -0.25) is 9.40 Å². The molecule has 3 aromatic rings. The summed E-state index contributed by atoms with van der Waals surface area (Å²) >= 11 is 6.19. The third-order valence-electron chi connectivity index (χ3n) is 4.80. The van der Waals surface area contributed by atoms with Crippen molar-refractivity contribution in [1.29, 1.82) is 0 Å². The Morgan fingerprint density at radius 2 is 2.06 bits per heavy atom. The summed E-state index contributed by atoms with van der Waals surface area (Å²) < 4.78 is 67.9. The predicted molar refractivity (Wildman–Crippen MR) is 136 cm³/mol. The number of amides is 1. The zero-order chi connectivity index (χ0) is 29.1. The van der Waals surface area contributed by atoms with Crippen LogP contribution >= 0.6 is 11.6 Å². The van der Waals surface area contributed by atoms with Crippen molar-refractivity contribution in [2.75, 3.05) is 29.9 Å². The fraction of sp³-hybridized carbons (Fsp3) is 0.364. The Hall–Kier alpha value is -3.45. The van der Waals surface area contributed by atoms with Crippen LogP contribution in [0.3, 0.4) is 0 Å². The number of methoxy groups -OCH3 is 1. The number of ether oxygens (including phenoxy) is 1. The molecule has 36 heavy (non-hydrogen) atoms. The SMILES string of the molecule is [2H]C([2H])([2H])OC(=O)NC(C)CNc1nccc(-c2cn(C(C)C)nc2-c2cc(Cl)cc(NS(C)(=O)=O)c2F)n1. The van der Waals surface area contributed by atoms with Crippen molar-refractivity contribution in [3.8, 4) is 22.5 Å². The largest absolute Gasteiger partial charge is 0.453 e. The van der Waals surface area contributed by atoms with Gasteiger partial charge in [0, 0.05) is 47.2 Å². The second-order valence-corrected chi connectivity index (χ2v) is 10.4. The van der Waals surface area contributed by atoms with Crippen LogP contribution in [-0.2, 0) is 14.8 Å². The molecular formula is C22H27ClFN7O4S. The van der Waals surface area contributed by atoms with Crippen LogP contribution in [0.25, 0.3) is 22.5 Å². The first-order chi connectivity index (χ1) is 18.0. The normalized spacial score (nSPS) is 13.9. The first-order valence-corrected chi connectivity index (χ1v) is 12.9. The molecule has 0 aliphatic heterocycles. The summed E-state index contributed by atoms with van der Waals surface area (Å²) in [6.07, 6.45) is 2.94. The number of halogens is 2. The first-order valence-electron chi connectivity index (χ1n) is 12.2. The van der Waals surface area contributed by atoms with Crippen LogP contribution in [0.4, 0.5) is 20.8 Å². The number of carbonyl (C=O) groups excluding carboxylic acids is 1. The lowest BCUT2D eigenvalue weighted by Crippen LogP contribution is -2.37. The maximum absolute atomic E-state index is 15.5. The molecule has 1 atom stereocenters. The number of hydrogen-bond acceptors (Lipinski definition) is 8. The van der Waals surface area contributed by atoms with E-state index < -0.39 is 35.0 Å². The van der Waals surface area contributed by atoms with E-state index in [9.17, 15) is 13.2 Å². The molecule has 0 aliphatic carbocycles. The van der Waals surface area contributed by atoms with E-state index in [1.54, 1.807) is 23.9 Å². The molecular weight excluding hydrogens is 513 g/mol. The molecule has 3 N–H and O–H groups in total. The van der Waals surface area contributed by atoms with E-state index in [-0.39, 0.29) is 40.5 Å². The molecule has 2 heterocycles. The molecule has 1 amide bonds. The molecule has 11 nitrogen and oxygen atoms in total. The fourth-order valence-corrected chi connectivity index (χ4v) is 3.96. The predicted octanol–water partition coefficient (Wildman–Crippen LogP) is 3.91. The average Bonchev–Trinajstić information content (AvgIpc) is 3.23. The second kappa shape index (κ2) is 11.1. The van der Waals surface area contributed by atoms with E-state index in [1.807, 2.05) is 13.8 Å². The van der Waals surface area contributed by atoms with Gasteiger partial charge in [-0.1, -0.05) is 11.6 Å². The van der Waals surface area contributed by atoms with Gasteiger partial charge in [0.1, 0.15) is 5.69 Å². The van der Waals surface area contributed by atoms with Crippen LogP contribution in [0.15, 0.2) is 30.6 Å². The molecule has 0 spiro atoms. The number of rotatable bonds is 9. The van der Waals surface area contributed by atoms with Gasteiger partial charge in [0.2, 0.25) is 16.0 Å². The summed E-state index contributed by atoms with van der Waals surface area (Å²) in [6.45, 7) is 5.50. The van der Waals surface area contributed by atoms with Gasteiger partial charge in [0.25, 0.3) is 0 Å². The van der Waals surface area contributed by atoms with Crippen molar-refractivity contribution in [1.82, 2.24) is 25.1 Å². The number of benzene rings is 1. The summed E-state index contributed by atoms with van der Waals surface area (Å²) in [5, 5.41) is 9.91. The smallest absolute Gasteiger partial charge is 0.407 e. The van der Waals surface area contributed by atoms with E-state index in [1.165, 1.54) is 12.3 Å². The van der Waals surface area contributed by atoms with Crippen molar-refractivity contribution in [3.63, 3.8) is 0 Å². The third kappa shape index (κ3) is 6.82. The molecule has 0 radical (unpaired) electrons. The summed E-state index contributed by atoms with van der Waals surface area (Å²) in [7, 11) is -6.65. The van der Waals surface area contributed by atoms with E-state index >= 15 is 4.39 Å². The zero-order valence-electron chi connectivity index (χ0n) is 22.8. The minimum absolute atomic E-state index is 0.0400. The molecule has 14 heteroatoms. The number of anilines is 2. The minimum atomic E-state index is -3.79. The van der Waals surface area contributed by atoms with Crippen LogP contribution < -0.4 is 15.4 Å². The minimum Gasteiger partial charge on any atom is -0.453 e. The van der Waals surface area contributed by atoms with Gasteiger partial charge in [-0.05, 0) is 39.0 Å². The number of sulfonamides is 1. The van der Waals surface area contributed by atoms with Crippen LogP contribution in [0, 0.1) is 5.82 Å². The Kier molecular flexibility index (Phi) is 7.07. The summed E-state index contributed by atoms with van der Waals surface area (Å²) in [6, 6.07) is 3.44. The molecule has 0 saturated carbocycles. The number of aromatic nitrogens is 4. The van der Waals surface area contributed by atoms with E-state index in [2.05, 4.69) is 35.2 Å². The van der Waals surface area contributed by atoms with Gasteiger partial charge < -0.3 is 15.4 Å². The molecule has 3 rings (SSSR count). The van der Waals surface area contributed by atoms with Crippen LogP contribution in [0.2, 0.25) is 5.02 Å². The van der Waals surface area contributed by atoms with Crippen LogP contribution in [0.5, 0.6) is 0 Å². The van der Waals surface area contributed by atoms with Crippen molar-refractivity contribution in [2.45, 2.75) is 32.9 Å². The second-order valence-electron chi connectivity index (χ2n) is 8.24. The quantitative estimate of drug-likeness (QED) is 0.370. The zero-order valence-corrected chi connectivity index (χ0v) is 21.4. The third-order valence-corrected chi connectivity index (χ3v) is 5.61. The summed E-state index contributed by atoms with van der Waals surface area (Å²) in [5.41, 5.74) is 0.601. The lowest BCUT2D eigenvalue weighted by molar-refractivity contribution is 0.168. The highest BCUT2D eigenvalue weighted by atomic mass is 35.5. The number of nitrogens with zero attached hydrogens (tertiary/aromatic N) is 4. The molecule has 1 aromatic carbocycles. The highest BCUT2D eigenvalue weighted by Gasteiger charge is 2.22. The fourth-order valence-electron chi connectivity index (χ4n) is 3.20. The number of carbonyl (C=O) groups is 1. The molecule has 1 unspecified atom stereocenters. The first kappa shape index (κ1) is 23.0. The number of hydrogen-bond donors (Lipinski definition) is 3. The maximum atomic E-state index is 15.5. The Bertz CT molecular complexity index is 1470. The topological polar surface area (TPSA) is 140 Å². The Balaban J connectivity index is 1.93. The Labute approximate surface area is 217 Å².